The summed E-state index contributed by atoms with van der Waals surface area (Å²) in [6.45, 7) is -1.39. The van der Waals surface area contributed by atoms with Gasteiger partial charge in [-0.25, -0.2) is 9.59 Å². The molecular formula is C8H11F3N2O3S. The average molecular weight is 272 g/mol. The Labute approximate surface area is 99.5 Å². The maximum atomic E-state index is 12.1. The molecule has 0 radical (unpaired) electrons. The number of hydrogen-bond acceptors (Lipinski definition) is 3. The largest absolute Gasteiger partial charge is 0.480 e. The Balaban J connectivity index is 2.66. The zero-order valence-electron chi connectivity index (χ0n) is 8.90. The molecule has 17 heavy (non-hydrogen) atoms. The van der Waals surface area contributed by atoms with Gasteiger partial charge in [0.25, 0.3) is 0 Å². The van der Waals surface area contributed by atoms with Crippen molar-refractivity contribution in [2.45, 2.75) is 12.2 Å². The molecular weight excluding hydrogens is 261 g/mol. The van der Waals surface area contributed by atoms with Crippen LogP contribution < -0.4 is 0 Å². The van der Waals surface area contributed by atoms with Crippen LogP contribution >= 0.6 is 11.8 Å². The Bertz CT molecular complexity index is 324. The van der Waals surface area contributed by atoms with Crippen molar-refractivity contribution >= 4 is 23.8 Å². The average Bonchev–Trinajstić information content (AvgIpc) is 2.61. The first-order chi connectivity index (χ1) is 7.72. The molecule has 0 aromatic rings. The van der Waals surface area contributed by atoms with E-state index in [1.807, 2.05) is 0 Å². The van der Waals surface area contributed by atoms with E-state index >= 15 is 0 Å². The molecule has 0 unspecified atom stereocenters. The molecule has 1 N–H and O–H groups in total. The number of alkyl halides is 3. The van der Waals surface area contributed by atoms with E-state index in [0.29, 0.717) is 4.90 Å². The Morgan fingerprint density at radius 1 is 1.53 bits per heavy atom. The molecule has 1 aliphatic heterocycles. The summed E-state index contributed by atoms with van der Waals surface area (Å²) in [5.74, 6) is -0.914. The molecule has 0 bridgehead atoms. The number of carbonyl (C=O) groups excluding carboxylic acids is 1. The van der Waals surface area contributed by atoms with Crippen LogP contribution in [0, 0.1) is 0 Å². The second kappa shape index (κ2) is 5.03. The van der Waals surface area contributed by atoms with Gasteiger partial charge in [0.2, 0.25) is 0 Å². The van der Waals surface area contributed by atoms with Gasteiger partial charge in [-0.15, -0.1) is 11.8 Å². The van der Waals surface area contributed by atoms with Crippen molar-refractivity contribution in [3.63, 3.8) is 0 Å². The van der Waals surface area contributed by atoms with Crippen LogP contribution in [0.25, 0.3) is 0 Å². The summed E-state index contributed by atoms with van der Waals surface area (Å²) < 4.78 is 36.2. The molecule has 0 spiro atoms. The van der Waals surface area contributed by atoms with Gasteiger partial charge in [-0.2, -0.15) is 13.2 Å². The maximum Gasteiger partial charge on any atom is 0.406 e. The van der Waals surface area contributed by atoms with E-state index in [-0.39, 0.29) is 11.6 Å². The summed E-state index contributed by atoms with van der Waals surface area (Å²) in [5, 5.41) is 8.80. The molecule has 9 heteroatoms. The Morgan fingerprint density at radius 2 is 2.12 bits per heavy atom. The molecule has 0 aromatic carbocycles. The van der Waals surface area contributed by atoms with E-state index < -0.39 is 30.8 Å². The van der Waals surface area contributed by atoms with Gasteiger partial charge in [-0.3, -0.25) is 0 Å². The number of hydrogen-bond donors (Lipinski definition) is 1. The summed E-state index contributed by atoms with van der Waals surface area (Å²) in [7, 11) is 0.998. The topological polar surface area (TPSA) is 60.9 Å². The third kappa shape index (κ3) is 3.69. The monoisotopic (exact) mass is 272 g/mol. The van der Waals surface area contributed by atoms with Gasteiger partial charge >= 0.3 is 18.2 Å². The van der Waals surface area contributed by atoms with Crippen molar-refractivity contribution < 1.29 is 27.9 Å². The number of aliphatic carboxylic acids is 1. The van der Waals surface area contributed by atoms with Gasteiger partial charge < -0.3 is 14.9 Å². The lowest BCUT2D eigenvalue weighted by Crippen LogP contribution is -2.49. The molecule has 2 amide bonds. The fourth-order valence-corrected chi connectivity index (χ4v) is 2.53. The molecule has 0 aromatic heterocycles. The Kier molecular flexibility index (Phi) is 4.12. The van der Waals surface area contributed by atoms with E-state index in [1.165, 1.54) is 11.8 Å². The van der Waals surface area contributed by atoms with E-state index in [0.717, 1.165) is 11.9 Å². The normalized spacial score (nSPS) is 20.5. The fourth-order valence-electron chi connectivity index (χ4n) is 1.39. The van der Waals surface area contributed by atoms with Crippen molar-refractivity contribution in [2.75, 3.05) is 25.2 Å². The summed E-state index contributed by atoms with van der Waals surface area (Å²) in [6.07, 6.45) is -4.49. The highest BCUT2D eigenvalue weighted by molar-refractivity contribution is 7.99. The van der Waals surface area contributed by atoms with Crippen molar-refractivity contribution in [3.05, 3.63) is 0 Å². The fraction of sp³-hybridized carbons (Fsp3) is 0.750. The van der Waals surface area contributed by atoms with Gasteiger partial charge in [0.1, 0.15) is 12.6 Å². The smallest absolute Gasteiger partial charge is 0.406 e. The minimum atomic E-state index is -4.49. The molecule has 1 saturated heterocycles. The zero-order chi connectivity index (χ0) is 13.2. The lowest BCUT2D eigenvalue weighted by molar-refractivity contribution is -0.142. The van der Waals surface area contributed by atoms with Crippen LogP contribution in [0.15, 0.2) is 0 Å². The third-order valence-electron chi connectivity index (χ3n) is 2.16. The standard InChI is InChI=1S/C8H11F3N2O3S/c1-12(3-8(9,10)11)7(16)13-4-17-2-5(13)6(14)15/h5H,2-4H2,1H3,(H,14,15)/t5-/m0/s1. The van der Waals surface area contributed by atoms with Crippen LogP contribution in [-0.4, -0.2) is 64.3 Å². The van der Waals surface area contributed by atoms with Crippen molar-refractivity contribution in [2.24, 2.45) is 0 Å². The molecule has 0 aliphatic carbocycles. The number of carbonyl (C=O) groups is 2. The first-order valence-corrected chi connectivity index (χ1v) is 5.77. The lowest BCUT2D eigenvalue weighted by Gasteiger charge is -2.27. The van der Waals surface area contributed by atoms with Crippen molar-refractivity contribution in [1.29, 1.82) is 0 Å². The van der Waals surface area contributed by atoms with Gasteiger partial charge in [0.15, 0.2) is 0 Å². The highest BCUT2D eigenvalue weighted by Crippen LogP contribution is 2.23. The van der Waals surface area contributed by atoms with Gasteiger partial charge in [-0.05, 0) is 0 Å². The van der Waals surface area contributed by atoms with E-state index in [4.69, 9.17) is 5.11 Å². The number of carboxylic acid groups (broad SMARTS) is 1. The predicted octanol–water partition coefficient (Wildman–Crippen LogP) is 1.06. The van der Waals surface area contributed by atoms with Crippen LogP contribution in [0.5, 0.6) is 0 Å². The molecule has 1 fully saturated rings. The summed E-state index contributed by atoms with van der Waals surface area (Å²) in [5.41, 5.74) is 0. The maximum absolute atomic E-state index is 12.1. The highest BCUT2D eigenvalue weighted by Gasteiger charge is 2.39. The minimum Gasteiger partial charge on any atom is -0.480 e. The first kappa shape index (κ1) is 13.9. The molecule has 1 rings (SSSR count). The van der Waals surface area contributed by atoms with Crippen LogP contribution in [-0.2, 0) is 4.79 Å². The number of urea groups is 1. The quantitative estimate of drug-likeness (QED) is 0.816. The lowest BCUT2D eigenvalue weighted by atomic mass is 10.3. The molecule has 5 nitrogen and oxygen atoms in total. The number of nitrogens with zero attached hydrogens (tertiary/aromatic N) is 2. The predicted molar refractivity (Wildman–Crippen MR) is 54.7 cm³/mol. The summed E-state index contributed by atoms with van der Waals surface area (Å²) in [6, 6.07) is -1.97. The molecule has 1 heterocycles. The minimum absolute atomic E-state index is 0.0952. The first-order valence-electron chi connectivity index (χ1n) is 4.61. The highest BCUT2D eigenvalue weighted by atomic mass is 32.2. The van der Waals surface area contributed by atoms with Gasteiger partial charge in [-0.1, -0.05) is 0 Å². The van der Waals surface area contributed by atoms with E-state index in [1.54, 1.807) is 0 Å². The van der Waals surface area contributed by atoms with Gasteiger partial charge in [0, 0.05) is 12.8 Å². The number of amides is 2. The SMILES string of the molecule is CN(CC(F)(F)F)C(=O)N1CSC[C@H]1C(=O)O. The molecule has 1 aliphatic rings. The number of carboxylic acids is 1. The Hall–Kier alpha value is -1.12. The van der Waals surface area contributed by atoms with Crippen LogP contribution in [0.4, 0.5) is 18.0 Å². The molecule has 0 saturated carbocycles. The van der Waals surface area contributed by atoms with Crippen molar-refractivity contribution in [3.8, 4) is 0 Å². The zero-order valence-corrected chi connectivity index (χ0v) is 9.72. The van der Waals surface area contributed by atoms with Crippen LogP contribution in [0.2, 0.25) is 0 Å². The van der Waals surface area contributed by atoms with Gasteiger partial charge in [0.05, 0.1) is 5.88 Å². The second-order valence-electron chi connectivity index (χ2n) is 3.58. The Morgan fingerprint density at radius 3 is 2.59 bits per heavy atom. The second-order valence-corrected chi connectivity index (χ2v) is 4.58. The van der Waals surface area contributed by atoms with E-state index in [9.17, 15) is 22.8 Å². The van der Waals surface area contributed by atoms with Crippen molar-refractivity contribution in [1.82, 2.24) is 9.80 Å². The molecule has 98 valence electrons. The third-order valence-corrected chi connectivity index (χ3v) is 3.17. The number of halogens is 3. The van der Waals surface area contributed by atoms with E-state index in [2.05, 4.69) is 0 Å². The summed E-state index contributed by atoms with van der Waals surface area (Å²) >= 11 is 1.20. The summed E-state index contributed by atoms with van der Waals surface area (Å²) in [4.78, 5) is 23.8. The van der Waals surface area contributed by atoms with Crippen LogP contribution in [0.3, 0.4) is 0 Å². The molecule has 1 atom stereocenters. The van der Waals surface area contributed by atoms with Crippen LogP contribution in [0.1, 0.15) is 0 Å². The number of rotatable bonds is 2. The number of thioether (sulfide) groups is 1.